The van der Waals surface area contributed by atoms with Gasteiger partial charge in [0, 0.05) is 42.1 Å². The Morgan fingerprint density at radius 3 is 2.32 bits per heavy atom. The number of hydrogen-bond acceptors (Lipinski definition) is 5. The molecule has 1 aliphatic rings. The van der Waals surface area contributed by atoms with Crippen molar-refractivity contribution in [2.24, 2.45) is 0 Å². The zero-order valence-corrected chi connectivity index (χ0v) is 22.2. The van der Waals surface area contributed by atoms with Gasteiger partial charge in [0.15, 0.2) is 0 Å². The van der Waals surface area contributed by atoms with Crippen LogP contribution in [0.15, 0.2) is 90.3 Å². The molecule has 1 aliphatic heterocycles. The number of nitrogens with zero attached hydrogens (tertiary/aromatic N) is 2. The zero-order valence-electron chi connectivity index (χ0n) is 21.3. The quantitative estimate of drug-likeness (QED) is 0.321. The maximum Gasteiger partial charge on any atom is 0.275 e. The molecule has 194 valence electrons. The molecule has 1 saturated heterocycles. The molecule has 0 bridgehead atoms. The third-order valence-electron chi connectivity index (χ3n) is 7.00. The second-order valence-electron chi connectivity index (χ2n) is 9.94. The molecule has 0 aliphatic carbocycles. The van der Waals surface area contributed by atoms with Crippen molar-refractivity contribution in [1.82, 2.24) is 9.88 Å². The number of aliphatic hydroxyl groups is 1. The first-order chi connectivity index (χ1) is 18.4. The Morgan fingerprint density at radius 1 is 0.974 bits per heavy atom. The summed E-state index contributed by atoms with van der Waals surface area (Å²) in [4.78, 5) is 32.5. The van der Waals surface area contributed by atoms with Crippen LogP contribution < -0.4 is 5.32 Å². The van der Waals surface area contributed by atoms with Crippen molar-refractivity contribution in [2.45, 2.75) is 37.7 Å². The van der Waals surface area contributed by atoms with E-state index in [2.05, 4.69) is 10.3 Å². The molecule has 38 heavy (non-hydrogen) atoms. The zero-order chi connectivity index (χ0) is 26.5. The second-order valence-corrected chi connectivity index (χ2v) is 10.8. The highest BCUT2D eigenvalue weighted by Crippen LogP contribution is 2.32. The van der Waals surface area contributed by atoms with E-state index >= 15 is 0 Å². The van der Waals surface area contributed by atoms with Gasteiger partial charge in [-0.25, -0.2) is 4.98 Å². The molecule has 5 rings (SSSR count). The van der Waals surface area contributed by atoms with E-state index in [0.717, 1.165) is 40.2 Å². The highest BCUT2D eigenvalue weighted by molar-refractivity contribution is 7.10. The number of likely N-dealkylation sites (tertiary alicyclic amines) is 1. The highest BCUT2D eigenvalue weighted by atomic mass is 32.1. The van der Waals surface area contributed by atoms with E-state index < -0.39 is 5.60 Å². The van der Waals surface area contributed by atoms with E-state index in [1.807, 2.05) is 84.9 Å². The highest BCUT2D eigenvalue weighted by Gasteiger charge is 2.36. The van der Waals surface area contributed by atoms with Crippen molar-refractivity contribution >= 4 is 28.8 Å². The number of amides is 2. The van der Waals surface area contributed by atoms with Gasteiger partial charge in [0.25, 0.3) is 11.8 Å². The molecule has 0 saturated carbocycles. The summed E-state index contributed by atoms with van der Waals surface area (Å²) in [5, 5.41) is 16.6. The molecule has 6 nitrogen and oxygen atoms in total. The Kier molecular flexibility index (Phi) is 7.67. The molecule has 0 spiro atoms. The molecule has 2 amide bonds. The topological polar surface area (TPSA) is 82.5 Å². The number of nitrogens with one attached hydrogen (secondary N) is 1. The molecule has 1 fully saturated rings. The van der Waals surface area contributed by atoms with Gasteiger partial charge in [-0.05, 0) is 37.0 Å². The summed E-state index contributed by atoms with van der Waals surface area (Å²) < 4.78 is 0. The van der Waals surface area contributed by atoms with Gasteiger partial charge < -0.3 is 15.3 Å². The minimum atomic E-state index is -1.45. The fourth-order valence-electron chi connectivity index (χ4n) is 4.97. The fourth-order valence-corrected chi connectivity index (χ4v) is 5.94. The van der Waals surface area contributed by atoms with E-state index in [0.29, 0.717) is 18.8 Å². The molecule has 4 aromatic rings. The first-order valence-electron chi connectivity index (χ1n) is 12.9. The van der Waals surface area contributed by atoms with E-state index in [1.54, 1.807) is 17.2 Å². The molecule has 1 aromatic heterocycles. The number of rotatable bonds is 7. The number of aromatic nitrogens is 1. The molecule has 2 heterocycles. The van der Waals surface area contributed by atoms with Crippen molar-refractivity contribution in [3.05, 3.63) is 107 Å². The monoisotopic (exact) mass is 525 g/mol. The fraction of sp³-hybridized carbons (Fsp3) is 0.258. The van der Waals surface area contributed by atoms with E-state index in [9.17, 15) is 14.7 Å². The Hall–Kier alpha value is -3.81. The minimum absolute atomic E-state index is 0.182. The molecule has 0 radical (unpaired) electrons. The summed E-state index contributed by atoms with van der Waals surface area (Å²) in [6.07, 6.45) is 1.78. The largest absolute Gasteiger partial charge is 0.380 e. The lowest BCUT2D eigenvalue weighted by Crippen LogP contribution is -2.50. The molecule has 3 aromatic carbocycles. The predicted molar refractivity (Wildman–Crippen MR) is 151 cm³/mol. The maximum absolute atomic E-state index is 13.1. The number of piperidine rings is 1. The van der Waals surface area contributed by atoms with Crippen LogP contribution in [0.25, 0.3) is 11.1 Å². The Balaban J connectivity index is 1.20. The molecule has 7 heteroatoms. The number of carbonyl (C=O) groups is 2. The average molecular weight is 526 g/mol. The van der Waals surface area contributed by atoms with E-state index in [1.165, 1.54) is 11.3 Å². The summed E-state index contributed by atoms with van der Waals surface area (Å²) >= 11 is 1.49. The van der Waals surface area contributed by atoms with E-state index in [-0.39, 0.29) is 24.2 Å². The van der Waals surface area contributed by atoms with Crippen LogP contribution in [-0.2, 0) is 11.2 Å². The maximum atomic E-state index is 13.1. The van der Waals surface area contributed by atoms with Crippen molar-refractivity contribution < 1.29 is 14.7 Å². The Labute approximate surface area is 227 Å². The van der Waals surface area contributed by atoms with Crippen LogP contribution in [0.4, 0.5) is 5.69 Å². The third-order valence-corrected chi connectivity index (χ3v) is 8.01. The van der Waals surface area contributed by atoms with Crippen LogP contribution in [0.5, 0.6) is 0 Å². The van der Waals surface area contributed by atoms with Crippen molar-refractivity contribution in [3.63, 3.8) is 0 Å². The van der Waals surface area contributed by atoms with Gasteiger partial charge in [-0.2, -0.15) is 0 Å². The van der Waals surface area contributed by atoms with Gasteiger partial charge in [-0.1, -0.05) is 78.9 Å². The van der Waals surface area contributed by atoms with Gasteiger partial charge in [-0.3, -0.25) is 9.59 Å². The first kappa shape index (κ1) is 25.8. The van der Waals surface area contributed by atoms with E-state index in [4.69, 9.17) is 0 Å². The lowest BCUT2D eigenvalue weighted by Gasteiger charge is -2.35. The van der Waals surface area contributed by atoms with Crippen LogP contribution >= 0.6 is 11.3 Å². The van der Waals surface area contributed by atoms with Crippen LogP contribution in [0.3, 0.4) is 0 Å². The lowest BCUT2D eigenvalue weighted by atomic mass is 9.92. The van der Waals surface area contributed by atoms with Gasteiger partial charge in [0.05, 0.1) is 5.01 Å². The van der Waals surface area contributed by atoms with Crippen molar-refractivity contribution in [3.8, 4) is 11.1 Å². The SMILES string of the molecule is C[C@@](O)(Cc1ccccc1)C(=O)N1CCC(c2nc(C(=O)Nc3ccccc3-c3ccccc3)cs2)CC1. The Bertz CT molecular complexity index is 1390. The van der Waals surface area contributed by atoms with Crippen LogP contribution in [0, 0.1) is 0 Å². The van der Waals surface area contributed by atoms with Crippen LogP contribution in [-0.4, -0.2) is 45.5 Å². The van der Waals surface area contributed by atoms with Crippen LogP contribution in [0.1, 0.15) is 46.7 Å². The summed E-state index contributed by atoms with van der Waals surface area (Å²) in [6, 6.07) is 27.3. The number of anilines is 1. The number of para-hydroxylation sites is 1. The summed E-state index contributed by atoms with van der Waals surface area (Å²) in [6.45, 7) is 2.70. The first-order valence-corrected chi connectivity index (χ1v) is 13.8. The van der Waals surface area contributed by atoms with Gasteiger partial charge in [0.2, 0.25) is 0 Å². The number of thiazole rings is 1. The standard InChI is InChI=1S/C31H31N3O3S/c1-31(37,20-22-10-4-2-5-11-22)30(36)34-18-16-24(17-19-34)29-33-27(21-38-29)28(35)32-26-15-9-8-14-25(26)23-12-6-3-7-13-23/h2-15,21,24,37H,16-20H2,1H3,(H,32,35)/t31-/m1/s1. The van der Waals surface area contributed by atoms with Gasteiger partial charge in [0.1, 0.15) is 11.3 Å². The average Bonchev–Trinajstić information content (AvgIpc) is 3.45. The molecule has 1 atom stereocenters. The van der Waals surface area contributed by atoms with Crippen molar-refractivity contribution in [2.75, 3.05) is 18.4 Å². The summed E-state index contributed by atoms with van der Waals surface area (Å²) in [7, 11) is 0. The molecular weight excluding hydrogens is 494 g/mol. The predicted octanol–water partition coefficient (Wildman–Crippen LogP) is 5.76. The molecular formula is C31H31N3O3S. The summed E-state index contributed by atoms with van der Waals surface area (Å²) in [5.41, 5.74) is 2.62. The number of carbonyl (C=O) groups excluding carboxylic acids is 2. The second kappa shape index (κ2) is 11.3. The Morgan fingerprint density at radius 2 is 1.61 bits per heavy atom. The van der Waals surface area contributed by atoms with Gasteiger partial charge in [-0.15, -0.1) is 11.3 Å². The smallest absolute Gasteiger partial charge is 0.275 e. The van der Waals surface area contributed by atoms with Crippen LogP contribution in [0.2, 0.25) is 0 Å². The van der Waals surface area contributed by atoms with Crippen molar-refractivity contribution in [1.29, 1.82) is 0 Å². The third kappa shape index (κ3) is 5.85. The minimum Gasteiger partial charge on any atom is -0.380 e. The summed E-state index contributed by atoms with van der Waals surface area (Å²) in [5.74, 6) is -0.294. The van der Waals surface area contributed by atoms with Gasteiger partial charge >= 0.3 is 0 Å². The molecule has 0 unspecified atom stereocenters. The lowest BCUT2D eigenvalue weighted by molar-refractivity contribution is -0.150. The number of benzene rings is 3. The number of hydrogen-bond donors (Lipinski definition) is 2. The normalized spacial score (nSPS) is 15.6. The molecule has 2 N–H and O–H groups in total.